The number of rotatable bonds is 5. The summed E-state index contributed by atoms with van der Waals surface area (Å²) in [5.74, 6) is 1.37. The third-order valence-corrected chi connectivity index (χ3v) is 4.41. The molecule has 20 heavy (non-hydrogen) atoms. The third kappa shape index (κ3) is 4.59. The van der Waals surface area contributed by atoms with Gasteiger partial charge in [-0.05, 0) is 18.6 Å². The molecule has 0 atom stereocenters. The minimum absolute atomic E-state index is 0.0737. The monoisotopic (exact) mass is 299 g/mol. The summed E-state index contributed by atoms with van der Waals surface area (Å²) in [6.07, 6.45) is 0.997. The van der Waals surface area contributed by atoms with Crippen molar-refractivity contribution in [2.45, 2.75) is 12.8 Å². The van der Waals surface area contributed by atoms with Crippen LogP contribution in [0.25, 0.3) is 0 Å². The Balaban J connectivity index is 1.65. The number of benzene rings is 1. The van der Waals surface area contributed by atoms with Crippen molar-refractivity contribution in [3.8, 4) is 5.75 Å². The predicted molar refractivity (Wildman–Crippen MR) is 75.6 cm³/mol. The second-order valence-electron chi connectivity index (χ2n) is 4.64. The van der Waals surface area contributed by atoms with E-state index in [0.29, 0.717) is 49.8 Å². The number of carbonyl (C=O) groups excluding carboxylic acids is 1. The molecule has 2 rings (SSSR count). The van der Waals surface area contributed by atoms with Gasteiger partial charge in [-0.3, -0.25) is 9.00 Å². The largest absolute Gasteiger partial charge is 0.493 e. The Bertz CT molecular complexity index is 485. The lowest BCUT2D eigenvalue weighted by Crippen LogP contribution is -2.41. The smallest absolute Gasteiger partial charge is 0.222 e. The minimum atomic E-state index is -0.766. The van der Waals surface area contributed by atoms with Crippen LogP contribution < -0.4 is 4.74 Å². The van der Waals surface area contributed by atoms with E-state index in [0.717, 1.165) is 0 Å². The van der Waals surface area contributed by atoms with Crippen molar-refractivity contribution in [1.29, 1.82) is 0 Å². The topological polar surface area (TPSA) is 46.6 Å². The van der Waals surface area contributed by atoms with E-state index in [9.17, 15) is 13.4 Å². The van der Waals surface area contributed by atoms with Crippen LogP contribution >= 0.6 is 0 Å². The molecule has 1 saturated heterocycles. The van der Waals surface area contributed by atoms with E-state index in [2.05, 4.69) is 0 Å². The van der Waals surface area contributed by atoms with Crippen LogP contribution in [-0.4, -0.2) is 46.2 Å². The van der Waals surface area contributed by atoms with E-state index in [1.165, 1.54) is 12.1 Å². The lowest BCUT2D eigenvalue weighted by atomic mass is 10.3. The summed E-state index contributed by atoms with van der Waals surface area (Å²) in [6.45, 7) is 1.54. The van der Waals surface area contributed by atoms with Gasteiger partial charge in [0, 0.05) is 47.9 Å². The number of hydrogen-bond donors (Lipinski definition) is 0. The van der Waals surface area contributed by atoms with Crippen LogP contribution in [0, 0.1) is 5.82 Å². The molecule has 0 saturated carbocycles. The number of amides is 1. The number of nitrogens with zero attached hydrogens (tertiary/aromatic N) is 1. The van der Waals surface area contributed by atoms with Crippen molar-refractivity contribution in [3.05, 3.63) is 30.1 Å². The van der Waals surface area contributed by atoms with E-state index in [-0.39, 0.29) is 11.7 Å². The zero-order valence-electron chi connectivity index (χ0n) is 11.2. The Morgan fingerprint density at radius 1 is 1.35 bits per heavy atom. The van der Waals surface area contributed by atoms with Crippen LogP contribution in [0.5, 0.6) is 5.75 Å². The Labute approximate surface area is 120 Å². The summed E-state index contributed by atoms with van der Waals surface area (Å²) in [7, 11) is -0.766. The SMILES string of the molecule is O=C(CCCOc1cccc(F)c1)N1CCS(=O)CC1. The molecule has 1 fully saturated rings. The van der Waals surface area contributed by atoms with Gasteiger partial charge < -0.3 is 9.64 Å². The van der Waals surface area contributed by atoms with Crippen molar-refractivity contribution in [3.63, 3.8) is 0 Å². The zero-order valence-corrected chi connectivity index (χ0v) is 12.0. The maximum absolute atomic E-state index is 12.9. The van der Waals surface area contributed by atoms with Crippen LogP contribution in [0.3, 0.4) is 0 Å². The van der Waals surface area contributed by atoms with Gasteiger partial charge in [0.05, 0.1) is 6.61 Å². The van der Waals surface area contributed by atoms with Gasteiger partial charge in [-0.15, -0.1) is 0 Å². The lowest BCUT2D eigenvalue weighted by molar-refractivity contribution is -0.131. The average molecular weight is 299 g/mol. The highest BCUT2D eigenvalue weighted by atomic mass is 32.2. The van der Waals surface area contributed by atoms with Gasteiger partial charge in [0.2, 0.25) is 5.91 Å². The maximum atomic E-state index is 12.9. The predicted octanol–water partition coefficient (Wildman–Crippen LogP) is 1.58. The second-order valence-corrected chi connectivity index (χ2v) is 6.33. The van der Waals surface area contributed by atoms with Crippen molar-refractivity contribution in [2.75, 3.05) is 31.2 Å². The zero-order chi connectivity index (χ0) is 14.4. The number of halogens is 1. The fourth-order valence-electron chi connectivity index (χ4n) is 2.02. The summed E-state index contributed by atoms with van der Waals surface area (Å²) < 4.78 is 29.5. The molecule has 0 radical (unpaired) electrons. The molecule has 0 N–H and O–H groups in total. The molecule has 1 aliphatic rings. The average Bonchev–Trinajstić information content (AvgIpc) is 2.44. The highest BCUT2D eigenvalue weighted by Crippen LogP contribution is 2.12. The first-order valence-corrected chi connectivity index (χ1v) is 8.15. The summed E-state index contributed by atoms with van der Waals surface area (Å²) in [5, 5.41) is 0. The molecule has 1 aromatic carbocycles. The lowest BCUT2D eigenvalue weighted by Gasteiger charge is -2.26. The van der Waals surface area contributed by atoms with E-state index < -0.39 is 10.8 Å². The van der Waals surface area contributed by atoms with E-state index in [4.69, 9.17) is 4.74 Å². The number of hydrogen-bond acceptors (Lipinski definition) is 3. The summed E-state index contributed by atoms with van der Waals surface area (Å²) in [6, 6.07) is 5.95. The standard InChI is InChI=1S/C14H18FNO3S/c15-12-3-1-4-13(11-12)19-8-2-5-14(17)16-6-9-20(18)10-7-16/h1,3-4,11H,2,5-10H2. The van der Waals surface area contributed by atoms with Crippen LogP contribution in [0.2, 0.25) is 0 Å². The molecule has 1 heterocycles. The molecule has 0 unspecified atom stereocenters. The quantitative estimate of drug-likeness (QED) is 0.776. The fraction of sp³-hybridized carbons (Fsp3) is 0.500. The van der Waals surface area contributed by atoms with Crippen LogP contribution in [0.15, 0.2) is 24.3 Å². The number of ether oxygens (including phenoxy) is 1. The molecule has 1 aliphatic heterocycles. The highest BCUT2D eigenvalue weighted by molar-refractivity contribution is 7.85. The van der Waals surface area contributed by atoms with Crippen molar-refractivity contribution >= 4 is 16.7 Å². The Morgan fingerprint density at radius 2 is 2.10 bits per heavy atom. The first kappa shape index (κ1) is 15.0. The van der Waals surface area contributed by atoms with E-state index >= 15 is 0 Å². The molecule has 1 amide bonds. The molecular weight excluding hydrogens is 281 g/mol. The molecular formula is C14H18FNO3S. The van der Waals surface area contributed by atoms with Gasteiger partial charge in [-0.1, -0.05) is 6.07 Å². The Kier molecular flexibility index (Phi) is 5.52. The molecule has 1 aromatic rings. The van der Waals surface area contributed by atoms with E-state index in [1.54, 1.807) is 17.0 Å². The molecule has 0 spiro atoms. The summed E-state index contributed by atoms with van der Waals surface area (Å²) >= 11 is 0. The van der Waals surface area contributed by atoms with Crippen molar-refractivity contribution in [2.24, 2.45) is 0 Å². The minimum Gasteiger partial charge on any atom is -0.493 e. The Morgan fingerprint density at radius 3 is 2.80 bits per heavy atom. The molecule has 6 heteroatoms. The van der Waals surface area contributed by atoms with Gasteiger partial charge in [0.15, 0.2) is 0 Å². The normalized spacial score (nSPS) is 16.1. The molecule has 0 aromatic heterocycles. The first-order chi connectivity index (χ1) is 9.65. The second kappa shape index (κ2) is 7.38. The van der Waals surface area contributed by atoms with Gasteiger partial charge in [0.1, 0.15) is 11.6 Å². The van der Waals surface area contributed by atoms with Crippen LogP contribution in [0.1, 0.15) is 12.8 Å². The maximum Gasteiger partial charge on any atom is 0.222 e. The Hall–Kier alpha value is -1.43. The highest BCUT2D eigenvalue weighted by Gasteiger charge is 2.19. The molecule has 0 aliphatic carbocycles. The summed E-state index contributed by atoms with van der Waals surface area (Å²) in [4.78, 5) is 13.6. The fourth-order valence-corrected chi connectivity index (χ4v) is 3.07. The number of carbonyl (C=O) groups is 1. The van der Waals surface area contributed by atoms with Gasteiger partial charge >= 0.3 is 0 Å². The molecule has 110 valence electrons. The van der Waals surface area contributed by atoms with Crippen LogP contribution in [0.4, 0.5) is 4.39 Å². The molecule has 4 nitrogen and oxygen atoms in total. The van der Waals surface area contributed by atoms with Crippen molar-refractivity contribution < 1.29 is 18.1 Å². The van der Waals surface area contributed by atoms with Gasteiger partial charge in [-0.25, -0.2) is 4.39 Å². The van der Waals surface area contributed by atoms with Crippen molar-refractivity contribution in [1.82, 2.24) is 4.90 Å². The van der Waals surface area contributed by atoms with Gasteiger partial charge in [-0.2, -0.15) is 0 Å². The third-order valence-electron chi connectivity index (χ3n) is 3.13. The van der Waals surface area contributed by atoms with E-state index in [1.807, 2.05) is 0 Å². The van der Waals surface area contributed by atoms with Crippen LogP contribution in [-0.2, 0) is 15.6 Å². The first-order valence-electron chi connectivity index (χ1n) is 6.66. The summed E-state index contributed by atoms with van der Waals surface area (Å²) in [5.41, 5.74) is 0. The molecule has 0 bridgehead atoms. The van der Waals surface area contributed by atoms with Gasteiger partial charge in [0.25, 0.3) is 0 Å².